The van der Waals surface area contributed by atoms with Gasteiger partial charge in [0, 0.05) is 30.4 Å². The highest BCUT2D eigenvalue weighted by molar-refractivity contribution is 6.31. The van der Waals surface area contributed by atoms with Crippen molar-refractivity contribution in [2.24, 2.45) is 10.7 Å². The predicted molar refractivity (Wildman–Crippen MR) is 119 cm³/mol. The molecule has 0 bridgehead atoms. The monoisotopic (exact) mass is 425 g/mol. The standard InChI is InChI=1S/C23H24ClN3O3/c1-14-11-17(30-13-16(25)9-10-26-2)4-5-18(14)15-3-7-21(24)20(12-15)19-6-8-22(28)27-23(19)29/h3-5,7,9-12,19H,6,8,13,25H2,1-2H3,(H,27,28,29). The summed E-state index contributed by atoms with van der Waals surface area (Å²) in [6, 6.07) is 11.4. The highest BCUT2D eigenvalue weighted by atomic mass is 35.5. The normalized spacial score (nSPS) is 17.3. The Labute approximate surface area is 180 Å². The number of halogens is 1. The zero-order valence-corrected chi connectivity index (χ0v) is 17.7. The van der Waals surface area contributed by atoms with Crippen molar-refractivity contribution in [2.75, 3.05) is 13.7 Å². The van der Waals surface area contributed by atoms with Crippen LogP contribution in [0.3, 0.4) is 0 Å². The second-order valence-corrected chi connectivity index (χ2v) is 7.56. The number of carbonyl (C=O) groups is 2. The fourth-order valence-electron chi connectivity index (χ4n) is 3.40. The minimum Gasteiger partial charge on any atom is -0.487 e. The van der Waals surface area contributed by atoms with Crippen LogP contribution in [0.2, 0.25) is 5.02 Å². The molecule has 0 aromatic heterocycles. The smallest absolute Gasteiger partial charge is 0.234 e. The Bertz CT molecular complexity index is 1030. The maximum atomic E-state index is 12.3. The van der Waals surface area contributed by atoms with E-state index < -0.39 is 5.92 Å². The van der Waals surface area contributed by atoms with Crippen LogP contribution in [-0.4, -0.2) is 31.7 Å². The van der Waals surface area contributed by atoms with E-state index in [0.717, 1.165) is 22.3 Å². The van der Waals surface area contributed by atoms with Crippen molar-refractivity contribution in [3.8, 4) is 16.9 Å². The van der Waals surface area contributed by atoms with Gasteiger partial charge < -0.3 is 10.5 Å². The van der Waals surface area contributed by atoms with Gasteiger partial charge in [0.25, 0.3) is 0 Å². The number of amides is 2. The van der Waals surface area contributed by atoms with Gasteiger partial charge in [-0.1, -0.05) is 23.7 Å². The van der Waals surface area contributed by atoms with Crippen molar-refractivity contribution >= 4 is 29.6 Å². The Morgan fingerprint density at radius 1 is 1.30 bits per heavy atom. The molecule has 1 aliphatic heterocycles. The summed E-state index contributed by atoms with van der Waals surface area (Å²) in [7, 11) is 1.68. The largest absolute Gasteiger partial charge is 0.487 e. The van der Waals surface area contributed by atoms with Gasteiger partial charge in [-0.15, -0.1) is 0 Å². The fraction of sp³-hybridized carbons (Fsp3) is 0.261. The molecule has 1 aliphatic rings. The molecule has 1 saturated heterocycles. The van der Waals surface area contributed by atoms with Crippen LogP contribution in [0.15, 0.2) is 53.2 Å². The highest BCUT2D eigenvalue weighted by Gasteiger charge is 2.29. The van der Waals surface area contributed by atoms with Crippen LogP contribution in [0.25, 0.3) is 11.1 Å². The van der Waals surface area contributed by atoms with Crippen LogP contribution in [0.5, 0.6) is 5.75 Å². The third-order valence-electron chi connectivity index (χ3n) is 4.96. The first kappa shape index (κ1) is 21.6. The number of benzene rings is 2. The highest BCUT2D eigenvalue weighted by Crippen LogP contribution is 2.35. The van der Waals surface area contributed by atoms with Gasteiger partial charge in [-0.05, 0) is 65.9 Å². The summed E-state index contributed by atoms with van der Waals surface area (Å²) in [6.07, 6.45) is 4.08. The molecule has 1 atom stereocenters. The second-order valence-electron chi connectivity index (χ2n) is 7.15. The lowest BCUT2D eigenvalue weighted by Crippen LogP contribution is -2.39. The van der Waals surface area contributed by atoms with E-state index in [-0.39, 0.29) is 18.4 Å². The zero-order valence-electron chi connectivity index (χ0n) is 16.9. The fourth-order valence-corrected chi connectivity index (χ4v) is 3.65. The summed E-state index contributed by atoms with van der Waals surface area (Å²) < 4.78 is 5.74. The van der Waals surface area contributed by atoms with E-state index in [1.54, 1.807) is 25.4 Å². The molecule has 1 unspecified atom stereocenters. The lowest BCUT2D eigenvalue weighted by atomic mass is 9.88. The number of carbonyl (C=O) groups excluding carboxylic acids is 2. The van der Waals surface area contributed by atoms with Crippen LogP contribution in [0.1, 0.15) is 29.9 Å². The maximum absolute atomic E-state index is 12.3. The van der Waals surface area contributed by atoms with Gasteiger partial charge in [0.2, 0.25) is 11.8 Å². The molecule has 0 radical (unpaired) electrons. The van der Waals surface area contributed by atoms with Gasteiger partial charge >= 0.3 is 0 Å². The number of nitrogens with zero attached hydrogens (tertiary/aromatic N) is 1. The molecule has 3 rings (SSSR count). The van der Waals surface area contributed by atoms with E-state index >= 15 is 0 Å². The van der Waals surface area contributed by atoms with Crippen LogP contribution in [-0.2, 0) is 9.59 Å². The third-order valence-corrected chi connectivity index (χ3v) is 5.31. The number of aryl methyl sites for hydroxylation is 1. The molecule has 0 spiro atoms. The van der Waals surface area contributed by atoms with E-state index in [1.807, 2.05) is 37.3 Å². The number of hydrogen-bond acceptors (Lipinski definition) is 5. The van der Waals surface area contributed by atoms with Crippen LogP contribution < -0.4 is 15.8 Å². The molecule has 2 aromatic carbocycles. The predicted octanol–water partition coefficient (Wildman–Crippen LogP) is 3.76. The van der Waals surface area contributed by atoms with Gasteiger partial charge in [0.05, 0.1) is 5.92 Å². The molecule has 2 aromatic rings. The number of nitrogens with two attached hydrogens (primary N) is 1. The summed E-state index contributed by atoms with van der Waals surface area (Å²) in [5.74, 6) is -0.267. The number of hydrogen-bond donors (Lipinski definition) is 2. The molecule has 1 heterocycles. The summed E-state index contributed by atoms with van der Waals surface area (Å²) in [4.78, 5) is 27.6. The Balaban J connectivity index is 1.82. The molecule has 7 heteroatoms. The number of nitrogens with one attached hydrogen (secondary N) is 1. The minimum atomic E-state index is -0.431. The number of ether oxygens (including phenoxy) is 1. The molecule has 1 fully saturated rings. The number of rotatable bonds is 6. The first-order chi connectivity index (χ1) is 14.4. The lowest BCUT2D eigenvalue weighted by molar-refractivity contribution is -0.134. The van der Waals surface area contributed by atoms with E-state index in [4.69, 9.17) is 22.1 Å². The van der Waals surface area contributed by atoms with E-state index in [2.05, 4.69) is 10.3 Å². The molecule has 30 heavy (non-hydrogen) atoms. The Morgan fingerprint density at radius 2 is 2.10 bits per heavy atom. The molecule has 156 valence electrons. The average Bonchev–Trinajstić information content (AvgIpc) is 2.72. The summed E-state index contributed by atoms with van der Waals surface area (Å²) in [5, 5.41) is 2.91. The van der Waals surface area contributed by atoms with Crippen molar-refractivity contribution in [3.05, 3.63) is 64.3 Å². The van der Waals surface area contributed by atoms with E-state index in [0.29, 0.717) is 29.3 Å². The van der Waals surface area contributed by atoms with E-state index in [9.17, 15) is 9.59 Å². The lowest BCUT2D eigenvalue weighted by Gasteiger charge is -2.22. The van der Waals surface area contributed by atoms with Gasteiger partial charge in [0.15, 0.2) is 0 Å². The van der Waals surface area contributed by atoms with Crippen molar-refractivity contribution in [1.29, 1.82) is 0 Å². The number of allylic oxidation sites excluding steroid dienone is 1. The van der Waals surface area contributed by atoms with Crippen molar-refractivity contribution in [2.45, 2.75) is 25.7 Å². The third kappa shape index (κ3) is 5.07. The van der Waals surface area contributed by atoms with Gasteiger partial charge in [0.1, 0.15) is 12.4 Å². The topological polar surface area (TPSA) is 93.8 Å². The first-order valence-electron chi connectivity index (χ1n) is 9.62. The zero-order chi connectivity index (χ0) is 21.7. The molecular formula is C23H24ClN3O3. The SMILES string of the molecule is CN=CC=C(N)COc1ccc(-c2ccc(Cl)c(C3CCC(=O)NC3=O)c2)c(C)c1. The van der Waals surface area contributed by atoms with Crippen molar-refractivity contribution < 1.29 is 14.3 Å². The quantitative estimate of drug-likeness (QED) is 0.544. The molecule has 2 amide bonds. The van der Waals surface area contributed by atoms with E-state index in [1.165, 1.54) is 0 Å². The van der Waals surface area contributed by atoms with Crippen LogP contribution >= 0.6 is 11.6 Å². The Hall–Kier alpha value is -3.12. The summed E-state index contributed by atoms with van der Waals surface area (Å²) in [5.41, 5.74) is 10.1. The molecule has 3 N–H and O–H groups in total. The van der Waals surface area contributed by atoms with Crippen LogP contribution in [0, 0.1) is 6.92 Å². The summed E-state index contributed by atoms with van der Waals surface area (Å²) in [6.45, 7) is 2.26. The summed E-state index contributed by atoms with van der Waals surface area (Å²) >= 11 is 6.38. The maximum Gasteiger partial charge on any atom is 0.234 e. The molecule has 0 aliphatic carbocycles. The first-order valence-corrected chi connectivity index (χ1v) is 10.0. The second kappa shape index (κ2) is 9.59. The van der Waals surface area contributed by atoms with Crippen molar-refractivity contribution in [1.82, 2.24) is 5.32 Å². The molecule has 6 nitrogen and oxygen atoms in total. The van der Waals surface area contributed by atoms with Gasteiger partial charge in [-0.2, -0.15) is 0 Å². The van der Waals surface area contributed by atoms with Crippen LogP contribution in [0.4, 0.5) is 0 Å². The Morgan fingerprint density at radius 3 is 2.80 bits per heavy atom. The number of imide groups is 1. The Kier molecular flexibility index (Phi) is 6.90. The van der Waals surface area contributed by atoms with Crippen molar-refractivity contribution in [3.63, 3.8) is 0 Å². The minimum absolute atomic E-state index is 0.243. The molecule has 0 saturated carbocycles. The molecular weight excluding hydrogens is 402 g/mol. The van der Waals surface area contributed by atoms with Gasteiger partial charge in [-0.25, -0.2) is 0 Å². The van der Waals surface area contributed by atoms with Gasteiger partial charge in [-0.3, -0.25) is 19.9 Å². The number of piperidine rings is 1. The average molecular weight is 426 g/mol. The number of aliphatic imine (C=N–C) groups is 1.